The molecule has 0 aliphatic heterocycles. The molecule has 0 fully saturated rings. The molecule has 0 aliphatic rings. The van der Waals surface area contributed by atoms with Crippen molar-refractivity contribution in [3.8, 4) is 17.1 Å². The van der Waals surface area contributed by atoms with Gasteiger partial charge in [-0.2, -0.15) is 0 Å². The summed E-state index contributed by atoms with van der Waals surface area (Å²) in [5, 5.41) is 12.8. The predicted octanol–water partition coefficient (Wildman–Crippen LogP) is 5.93. The summed E-state index contributed by atoms with van der Waals surface area (Å²) >= 11 is 13.5. The molecular formula is C23H19Cl2N5OS. The van der Waals surface area contributed by atoms with Crippen LogP contribution in [0.25, 0.3) is 17.1 Å². The van der Waals surface area contributed by atoms with Gasteiger partial charge in [0, 0.05) is 23.6 Å². The number of pyridine rings is 1. The highest BCUT2D eigenvalue weighted by Crippen LogP contribution is 2.31. The van der Waals surface area contributed by atoms with Gasteiger partial charge in [-0.25, -0.2) is 0 Å². The van der Waals surface area contributed by atoms with Gasteiger partial charge in [-0.05, 0) is 48.4 Å². The van der Waals surface area contributed by atoms with E-state index in [2.05, 4.69) is 39.6 Å². The minimum Gasteiger partial charge on any atom is -0.324 e. The Balaban J connectivity index is 1.60. The standard InChI is InChI=1S/C23H19Cl2N5OS/c1-2-15-6-8-17(9-7-15)30-22(16-10-12-26-13-11-16)28-29-23(30)32-14-20(31)27-19-5-3-4-18(24)21(19)25/h3-13H,2,14H2,1H3,(H,27,31). The lowest BCUT2D eigenvalue weighted by Gasteiger charge is -2.11. The van der Waals surface area contributed by atoms with Crippen molar-refractivity contribution in [2.45, 2.75) is 18.5 Å². The molecule has 0 aliphatic carbocycles. The van der Waals surface area contributed by atoms with E-state index >= 15 is 0 Å². The summed E-state index contributed by atoms with van der Waals surface area (Å²) in [6.07, 6.45) is 4.38. The molecule has 0 spiro atoms. The lowest BCUT2D eigenvalue weighted by atomic mass is 10.1. The number of anilines is 1. The fraction of sp³-hybridized carbons (Fsp3) is 0.130. The molecule has 4 aromatic rings. The average molecular weight is 484 g/mol. The Hall–Kier alpha value is -2.87. The first-order chi connectivity index (χ1) is 15.6. The van der Waals surface area contributed by atoms with Gasteiger partial charge in [0.05, 0.1) is 21.5 Å². The summed E-state index contributed by atoms with van der Waals surface area (Å²) in [5.74, 6) is 0.586. The highest BCUT2D eigenvalue weighted by molar-refractivity contribution is 7.99. The maximum absolute atomic E-state index is 12.6. The number of rotatable bonds is 7. The van der Waals surface area contributed by atoms with Crippen LogP contribution in [0.3, 0.4) is 0 Å². The van der Waals surface area contributed by atoms with E-state index in [0.717, 1.165) is 17.7 Å². The Labute approximate surface area is 200 Å². The molecule has 4 rings (SSSR count). The average Bonchev–Trinajstić information content (AvgIpc) is 3.25. The maximum Gasteiger partial charge on any atom is 0.234 e. The van der Waals surface area contributed by atoms with Crippen molar-refractivity contribution >= 4 is 46.6 Å². The summed E-state index contributed by atoms with van der Waals surface area (Å²) in [4.78, 5) is 16.6. The number of carbonyl (C=O) groups excluding carboxylic acids is 1. The molecule has 1 N–H and O–H groups in total. The molecule has 0 bridgehead atoms. The number of carbonyl (C=O) groups is 1. The summed E-state index contributed by atoms with van der Waals surface area (Å²) < 4.78 is 1.94. The lowest BCUT2D eigenvalue weighted by Crippen LogP contribution is -2.15. The molecule has 6 nitrogen and oxygen atoms in total. The zero-order valence-electron chi connectivity index (χ0n) is 17.1. The zero-order chi connectivity index (χ0) is 22.5. The van der Waals surface area contributed by atoms with E-state index in [4.69, 9.17) is 23.2 Å². The van der Waals surface area contributed by atoms with Crippen LogP contribution >= 0.6 is 35.0 Å². The Bertz CT molecular complexity index is 1230. The van der Waals surface area contributed by atoms with Crippen molar-refractivity contribution in [1.29, 1.82) is 0 Å². The van der Waals surface area contributed by atoms with Crippen LogP contribution in [0.5, 0.6) is 0 Å². The molecular weight excluding hydrogens is 465 g/mol. The number of hydrogen-bond acceptors (Lipinski definition) is 5. The third kappa shape index (κ3) is 4.96. The van der Waals surface area contributed by atoms with Gasteiger partial charge in [0.1, 0.15) is 0 Å². The van der Waals surface area contributed by atoms with Crippen LogP contribution in [0.4, 0.5) is 5.69 Å². The van der Waals surface area contributed by atoms with Crippen molar-refractivity contribution in [1.82, 2.24) is 19.7 Å². The van der Waals surface area contributed by atoms with Crippen molar-refractivity contribution in [3.63, 3.8) is 0 Å². The summed E-state index contributed by atoms with van der Waals surface area (Å²) in [6.45, 7) is 2.11. The van der Waals surface area contributed by atoms with Crippen LogP contribution < -0.4 is 5.32 Å². The van der Waals surface area contributed by atoms with E-state index in [-0.39, 0.29) is 11.7 Å². The second kappa shape index (κ2) is 10.2. The summed E-state index contributed by atoms with van der Waals surface area (Å²) in [6, 6.07) is 17.1. The van der Waals surface area contributed by atoms with E-state index in [1.165, 1.54) is 17.3 Å². The summed E-state index contributed by atoms with van der Waals surface area (Å²) in [5.41, 5.74) is 3.51. The van der Waals surface area contributed by atoms with E-state index in [9.17, 15) is 4.79 Å². The Kier molecular flexibility index (Phi) is 7.09. The van der Waals surface area contributed by atoms with Crippen molar-refractivity contribution < 1.29 is 4.79 Å². The maximum atomic E-state index is 12.6. The Morgan fingerprint density at radius 3 is 2.50 bits per heavy atom. The van der Waals surface area contributed by atoms with Gasteiger partial charge in [-0.3, -0.25) is 14.3 Å². The predicted molar refractivity (Wildman–Crippen MR) is 130 cm³/mol. The second-order valence-electron chi connectivity index (χ2n) is 6.84. The number of aromatic nitrogens is 4. The molecule has 1 amide bonds. The Morgan fingerprint density at radius 1 is 1.03 bits per heavy atom. The SMILES string of the molecule is CCc1ccc(-n2c(SCC(=O)Nc3cccc(Cl)c3Cl)nnc2-c2ccncc2)cc1. The van der Waals surface area contributed by atoms with Crippen LogP contribution in [0.2, 0.25) is 10.0 Å². The molecule has 0 radical (unpaired) electrons. The largest absolute Gasteiger partial charge is 0.324 e. The smallest absolute Gasteiger partial charge is 0.234 e. The number of thioether (sulfide) groups is 1. The molecule has 2 heterocycles. The first kappa shape index (κ1) is 22.3. The molecule has 0 saturated heterocycles. The van der Waals surface area contributed by atoms with Crippen molar-refractivity contribution in [3.05, 3.63) is 82.6 Å². The van der Waals surface area contributed by atoms with E-state index < -0.39 is 0 Å². The van der Waals surface area contributed by atoms with E-state index in [0.29, 0.717) is 26.7 Å². The quantitative estimate of drug-likeness (QED) is 0.329. The lowest BCUT2D eigenvalue weighted by molar-refractivity contribution is -0.113. The highest BCUT2D eigenvalue weighted by atomic mass is 35.5. The number of halogens is 2. The zero-order valence-corrected chi connectivity index (χ0v) is 19.5. The molecule has 2 aromatic heterocycles. The van der Waals surface area contributed by atoms with Crippen molar-refractivity contribution in [2.75, 3.05) is 11.1 Å². The van der Waals surface area contributed by atoms with Gasteiger partial charge in [-0.1, -0.05) is 60.1 Å². The number of aryl methyl sites for hydroxylation is 1. The van der Waals surface area contributed by atoms with Crippen LogP contribution in [-0.2, 0) is 11.2 Å². The fourth-order valence-electron chi connectivity index (χ4n) is 3.08. The van der Waals surface area contributed by atoms with Crippen LogP contribution in [0, 0.1) is 0 Å². The van der Waals surface area contributed by atoms with E-state index in [1.807, 2.05) is 28.8 Å². The number of nitrogens with zero attached hydrogens (tertiary/aromatic N) is 4. The third-order valence-electron chi connectivity index (χ3n) is 4.73. The van der Waals surface area contributed by atoms with Crippen molar-refractivity contribution in [2.24, 2.45) is 0 Å². The monoisotopic (exact) mass is 483 g/mol. The number of nitrogens with one attached hydrogen (secondary N) is 1. The molecule has 162 valence electrons. The fourth-order valence-corrected chi connectivity index (χ4v) is 4.18. The molecule has 2 aromatic carbocycles. The molecule has 0 atom stereocenters. The first-order valence-electron chi connectivity index (χ1n) is 9.88. The van der Waals surface area contributed by atoms with Crippen LogP contribution in [0.1, 0.15) is 12.5 Å². The Morgan fingerprint density at radius 2 is 1.78 bits per heavy atom. The van der Waals surface area contributed by atoms with Gasteiger partial charge in [-0.15, -0.1) is 10.2 Å². The molecule has 32 heavy (non-hydrogen) atoms. The first-order valence-corrected chi connectivity index (χ1v) is 11.6. The number of amides is 1. The topological polar surface area (TPSA) is 72.7 Å². The van der Waals surface area contributed by atoms with Crippen LogP contribution in [0.15, 0.2) is 72.1 Å². The van der Waals surface area contributed by atoms with Gasteiger partial charge < -0.3 is 5.32 Å². The van der Waals surface area contributed by atoms with E-state index in [1.54, 1.807) is 30.6 Å². The third-order valence-corrected chi connectivity index (χ3v) is 6.48. The van der Waals surface area contributed by atoms with Crippen LogP contribution in [-0.4, -0.2) is 31.4 Å². The normalized spacial score (nSPS) is 10.8. The number of benzene rings is 2. The molecule has 0 saturated carbocycles. The molecule has 0 unspecified atom stereocenters. The second-order valence-corrected chi connectivity index (χ2v) is 8.56. The van der Waals surface area contributed by atoms with Gasteiger partial charge in [0.2, 0.25) is 5.91 Å². The van der Waals surface area contributed by atoms with Gasteiger partial charge in [0.25, 0.3) is 0 Å². The minimum absolute atomic E-state index is 0.129. The minimum atomic E-state index is -0.222. The summed E-state index contributed by atoms with van der Waals surface area (Å²) in [7, 11) is 0. The highest BCUT2D eigenvalue weighted by Gasteiger charge is 2.18. The van der Waals surface area contributed by atoms with Gasteiger partial charge >= 0.3 is 0 Å². The molecule has 9 heteroatoms. The number of hydrogen-bond donors (Lipinski definition) is 1. The van der Waals surface area contributed by atoms with Gasteiger partial charge in [0.15, 0.2) is 11.0 Å².